The molecular formula is C16H23N3O2. The Kier molecular flexibility index (Phi) is 4.24. The lowest BCUT2D eigenvalue weighted by Crippen LogP contribution is -2.42. The summed E-state index contributed by atoms with van der Waals surface area (Å²) in [5.74, 6) is 0. The van der Waals surface area contributed by atoms with E-state index < -0.39 is 0 Å². The van der Waals surface area contributed by atoms with Crippen molar-refractivity contribution in [2.75, 3.05) is 26.9 Å². The lowest BCUT2D eigenvalue weighted by molar-refractivity contribution is -0.0159. The third-order valence-electron chi connectivity index (χ3n) is 4.27. The van der Waals surface area contributed by atoms with Crippen molar-refractivity contribution in [2.24, 2.45) is 0 Å². The Morgan fingerprint density at radius 3 is 3.00 bits per heavy atom. The molecule has 1 aromatic carbocycles. The molecule has 0 spiro atoms. The number of ether oxygens (including phenoxy) is 2. The smallest absolute Gasteiger partial charge is 0.106 e. The number of aryl methyl sites for hydroxylation is 1. The molecule has 5 heteroatoms. The zero-order chi connectivity index (χ0) is 14.7. The van der Waals surface area contributed by atoms with E-state index in [1.165, 1.54) is 10.9 Å². The highest BCUT2D eigenvalue weighted by molar-refractivity contribution is 5.81. The van der Waals surface area contributed by atoms with Crippen LogP contribution in [-0.2, 0) is 22.6 Å². The second-order valence-electron chi connectivity index (χ2n) is 5.57. The van der Waals surface area contributed by atoms with E-state index in [2.05, 4.69) is 41.2 Å². The number of nitrogens with zero attached hydrogens (tertiary/aromatic N) is 2. The summed E-state index contributed by atoms with van der Waals surface area (Å²) in [5.41, 5.74) is 2.11. The molecule has 1 aliphatic rings. The average molecular weight is 289 g/mol. The summed E-state index contributed by atoms with van der Waals surface area (Å²) in [6.45, 7) is 5.99. The maximum atomic E-state index is 5.64. The van der Waals surface area contributed by atoms with E-state index in [0.29, 0.717) is 6.61 Å². The molecule has 1 atom stereocenters. The molecule has 0 amide bonds. The van der Waals surface area contributed by atoms with Crippen LogP contribution in [0.5, 0.6) is 0 Å². The minimum atomic E-state index is -0.177. The van der Waals surface area contributed by atoms with Crippen LogP contribution in [0.4, 0.5) is 0 Å². The van der Waals surface area contributed by atoms with Crippen LogP contribution in [-0.4, -0.2) is 42.2 Å². The van der Waals surface area contributed by atoms with E-state index in [0.717, 1.165) is 38.4 Å². The molecule has 1 N–H and O–H groups in total. The van der Waals surface area contributed by atoms with Gasteiger partial charge in [0.25, 0.3) is 0 Å². The molecule has 3 rings (SSSR count). The third-order valence-corrected chi connectivity index (χ3v) is 4.27. The number of methoxy groups -OCH3 is 1. The zero-order valence-electron chi connectivity index (χ0n) is 12.8. The number of rotatable bonds is 6. The Morgan fingerprint density at radius 2 is 2.29 bits per heavy atom. The first-order chi connectivity index (χ1) is 10.3. The highest BCUT2D eigenvalue weighted by Crippen LogP contribution is 2.22. The van der Waals surface area contributed by atoms with Gasteiger partial charge in [-0.25, -0.2) is 0 Å². The van der Waals surface area contributed by atoms with E-state index in [1.54, 1.807) is 7.11 Å². The number of benzene rings is 1. The van der Waals surface area contributed by atoms with Crippen molar-refractivity contribution in [2.45, 2.75) is 32.0 Å². The fourth-order valence-corrected chi connectivity index (χ4v) is 2.94. The first-order valence-electron chi connectivity index (χ1n) is 7.56. The minimum absolute atomic E-state index is 0.177. The standard InChI is InChI=1S/C16H23N3O2/c1-3-19-15-7-5-4-6-13(15)14(18-19)10-17-11-16(20-2)8-9-21-12-16/h4-7,17H,3,8-12H2,1-2H3. The van der Waals surface area contributed by atoms with Gasteiger partial charge in [-0.15, -0.1) is 0 Å². The average Bonchev–Trinajstić information content (AvgIpc) is 3.13. The highest BCUT2D eigenvalue weighted by Gasteiger charge is 2.34. The number of hydrogen-bond acceptors (Lipinski definition) is 4. The number of para-hydroxylation sites is 1. The topological polar surface area (TPSA) is 48.3 Å². The molecule has 2 heterocycles. The fourth-order valence-electron chi connectivity index (χ4n) is 2.94. The van der Waals surface area contributed by atoms with Gasteiger partial charge < -0.3 is 14.8 Å². The summed E-state index contributed by atoms with van der Waals surface area (Å²) >= 11 is 0. The van der Waals surface area contributed by atoms with Crippen molar-refractivity contribution >= 4 is 10.9 Å². The Bertz CT molecular complexity index is 603. The predicted molar refractivity (Wildman–Crippen MR) is 82.3 cm³/mol. The van der Waals surface area contributed by atoms with Gasteiger partial charge in [-0.3, -0.25) is 4.68 Å². The third kappa shape index (κ3) is 2.81. The van der Waals surface area contributed by atoms with Crippen LogP contribution in [0.1, 0.15) is 19.0 Å². The second-order valence-corrected chi connectivity index (χ2v) is 5.57. The molecule has 0 aliphatic carbocycles. The zero-order valence-corrected chi connectivity index (χ0v) is 12.8. The van der Waals surface area contributed by atoms with Gasteiger partial charge in [0.05, 0.1) is 17.8 Å². The first kappa shape index (κ1) is 14.5. The summed E-state index contributed by atoms with van der Waals surface area (Å²) < 4.78 is 13.2. The van der Waals surface area contributed by atoms with E-state index in [9.17, 15) is 0 Å². The summed E-state index contributed by atoms with van der Waals surface area (Å²) in [6, 6.07) is 8.38. The maximum Gasteiger partial charge on any atom is 0.106 e. The normalized spacial score (nSPS) is 22.2. The van der Waals surface area contributed by atoms with Gasteiger partial charge in [-0.05, 0) is 13.0 Å². The molecule has 1 aromatic heterocycles. The fraction of sp³-hybridized carbons (Fsp3) is 0.562. The van der Waals surface area contributed by atoms with Crippen molar-refractivity contribution in [1.29, 1.82) is 0 Å². The number of nitrogens with one attached hydrogen (secondary N) is 1. The van der Waals surface area contributed by atoms with Crippen LogP contribution in [0.25, 0.3) is 10.9 Å². The van der Waals surface area contributed by atoms with Gasteiger partial charge in [0.2, 0.25) is 0 Å². The van der Waals surface area contributed by atoms with Gasteiger partial charge >= 0.3 is 0 Å². The number of hydrogen-bond donors (Lipinski definition) is 1. The number of fused-ring (bicyclic) bond motifs is 1. The van der Waals surface area contributed by atoms with Gasteiger partial charge in [0, 0.05) is 45.2 Å². The van der Waals surface area contributed by atoms with Crippen molar-refractivity contribution in [3.05, 3.63) is 30.0 Å². The lowest BCUT2D eigenvalue weighted by atomic mass is 10.0. The molecule has 1 unspecified atom stereocenters. The first-order valence-corrected chi connectivity index (χ1v) is 7.56. The Labute approximate surface area is 125 Å². The van der Waals surface area contributed by atoms with Crippen molar-refractivity contribution in [3.63, 3.8) is 0 Å². The van der Waals surface area contributed by atoms with Crippen molar-refractivity contribution in [1.82, 2.24) is 15.1 Å². The van der Waals surface area contributed by atoms with E-state index in [-0.39, 0.29) is 5.60 Å². The molecule has 2 aromatic rings. The van der Waals surface area contributed by atoms with Crippen LogP contribution in [0.15, 0.2) is 24.3 Å². The number of aromatic nitrogens is 2. The van der Waals surface area contributed by atoms with Crippen LogP contribution >= 0.6 is 0 Å². The maximum absolute atomic E-state index is 5.64. The van der Waals surface area contributed by atoms with Gasteiger partial charge in [0.1, 0.15) is 5.60 Å². The molecule has 5 nitrogen and oxygen atoms in total. The molecule has 21 heavy (non-hydrogen) atoms. The summed E-state index contributed by atoms with van der Waals surface area (Å²) in [5, 5.41) is 9.41. The Morgan fingerprint density at radius 1 is 1.43 bits per heavy atom. The quantitative estimate of drug-likeness (QED) is 0.883. The molecule has 0 radical (unpaired) electrons. The largest absolute Gasteiger partial charge is 0.378 e. The molecule has 1 aliphatic heterocycles. The van der Waals surface area contributed by atoms with Crippen LogP contribution in [0.2, 0.25) is 0 Å². The van der Waals surface area contributed by atoms with E-state index >= 15 is 0 Å². The van der Waals surface area contributed by atoms with Gasteiger partial charge in [-0.1, -0.05) is 18.2 Å². The van der Waals surface area contributed by atoms with Crippen LogP contribution in [0, 0.1) is 0 Å². The van der Waals surface area contributed by atoms with Gasteiger partial charge in [0.15, 0.2) is 0 Å². The molecular weight excluding hydrogens is 266 g/mol. The SMILES string of the molecule is CCn1nc(CNCC2(OC)CCOC2)c2ccccc21. The summed E-state index contributed by atoms with van der Waals surface area (Å²) in [4.78, 5) is 0. The Balaban J connectivity index is 1.71. The van der Waals surface area contributed by atoms with Gasteiger partial charge in [-0.2, -0.15) is 5.10 Å². The summed E-state index contributed by atoms with van der Waals surface area (Å²) in [6.07, 6.45) is 0.945. The predicted octanol–water partition coefficient (Wildman–Crippen LogP) is 1.95. The van der Waals surface area contributed by atoms with E-state index in [1.807, 2.05) is 0 Å². The monoisotopic (exact) mass is 289 g/mol. The summed E-state index contributed by atoms with van der Waals surface area (Å²) in [7, 11) is 1.76. The molecule has 0 saturated carbocycles. The highest BCUT2D eigenvalue weighted by atomic mass is 16.5. The minimum Gasteiger partial charge on any atom is -0.378 e. The second kappa shape index (κ2) is 6.13. The van der Waals surface area contributed by atoms with Crippen LogP contribution < -0.4 is 5.32 Å². The molecule has 0 bridgehead atoms. The lowest BCUT2D eigenvalue weighted by Gasteiger charge is -2.25. The van der Waals surface area contributed by atoms with E-state index in [4.69, 9.17) is 14.6 Å². The molecule has 1 fully saturated rings. The Hall–Kier alpha value is -1.43. The molecule has 1 saturated heterocycles. The van der Waals surface area contributed by atoms with Crippen LogP contribution in [0.3, 0.4) is 0 Å². The van der Waals surface area contributed by atoms with Crippen molar-refractivity contribution < 1.29 is 9.47 Å². The van der Waals surface area contributed by atoms with Crippen molar-refractivity contribution in [3.8, 4) is 0 Å². The molecule has 114 valence electrons.